The van der Waals surface area contributed by atoms with Crippen LogP contribution in [-0.4, -0.2) is 53.9 Å². The predicted octanol–water partition coefficient (Wildman–Crippen LogP) is 1.42. The van der Waals surface area contributed by atoms with Crippen LogP contribution in [0.2, 0.25) is 0 Å². The van der Waals surface area contributed by atoms with Crippen LogP contribution in [0.1, 0.15) is 18.9 Å². The average molecular weight is 320 g/mol. The number of rotatable bonds is 5. The molecule has 0 saturated carbocycles. The first-order chi connectivity index (χ1) is 11.1. The molecular formula is C17H21FN2O3. The Hall–Kier alpha value is -1.95. The maximum atomic E-state index is 13.5. The van der Waals surface area contributed by atoms with Crippen molar-refractivity contribution in [3.63, 3.8) is 0 Å². The quantitative estimate of drug-likeness (QED) is 0.824. The van der Waals surface area contributed by atoms with Crippen LogP contribution in [0.5, 0.6) is 0 Å². The first-order valence-electron chi connectivity index (χ1n) is 8.00. The van der Waals surface area contributed by atoms with Gasteiger partial charge in [-0.25, -0.2) is 4.39 Å². The highest BCUT2D eigenvalue weighted by Gasteiger charge is 2.40. The molecule has 0 spiro atoms. The minimum Gasteiger partial charge on any atom is -0.370 e. The van der Waals surface area contributed by atoms with E-state index in [2.05, 4.69) is 0 Å². The molecule has 0 aromatic heterocycles. The van der Waals surface area contributed by atoms with Crippen molar-refractivity contribution in [1.29, 1.82) is 0 Å². The number of hydrogen-bond acceptors (Lipinski definition) is 3. The second kappa shape index (κ2) is 6.66. The summed E-state index contributed by atoms with van der Waals surface area (Å²) in [7, 11) is 0. The molecule has 2 aliphatic rings. The number of halogens is 1. The second-order valence-electron chi connectivity index (χ2n) is 6.10. The Balaban J connectivity index is 1.43. The normalized spacial score (nSPS) is 21.7. The van der Waals surface area contributed by atoms with E-state index in [9.17, 15) is 14.0 Å². The standard InChI is InChI=1S/C17H21FN2O3/c1-2-19-8-13(7-16(19)21)17(22)20-9-14(10-20)23-11-12-5-3-4-6-15(12)18/h3-6,13-14H,2,7-11H2,1H3/t13-/m1/s1. The Morgan fingerprint density at radius 3 is 2.70 bits per heavy atom. The van der Waals surface area contributed by atoms with Gasteiger partial charge in [-0.2, -0.15) is 0 Å². The van der Waals surface area contributed by atoms with E-state index in [0.29, 0.717) is 38.2 Å². The van der Waals surface area contributed by atoms with Crippen molar-refractivity contribution >= 4 is 11.8 Å². The highest BCUT2D eigenvalue weighted by molar-refractivity contribution is 5.89. The molecule has 2 fully saturated rings. The molecule has 0 aliphatic carbocycles. The van der Waals surface area contributed by atoms with Crippen LogP contribution in [0.3, 0.4) is 0 Å². The number of nitrogens with zero attached hydrogens (tertiary/aromatic N) is 2. The van der Waals surface area contributed by atoms with Crippen LogP contribution in [-0.2, 0) is 20.9 Å². The summed E-state index contributed by atoms with van der Waals surface area (Å²) in [6.45, 7) is 4.34. The van der Waals surface area contributed by atoms with Gasteiger partial charge in [0.05, 0.1) is 18.6 Å². The predicted molar refractivity (Wildman–Crippen MR) is 81.9 cm³/mol. The third-order valence-corrected chi connectivity index (χ3v) is 4.54. The summed E-state index contributed by atoms with van der Waals surface area (Å²) in [5.41, 5.74) is 0.525. The van der Waals surface area contributed by atoms with E-state index in [0.717, 1.165) is 0 Å². The van der Waals surface area contributed by atoms with E-state index in [1.807, 2.05) is 6.92 Å². The lowest BCUT2D eigenvalue weighted by molar-refractivity contribution is -0.150. The maximum Gasteiger partial charge on any atom is 0.228 e. The molecule has 1 aromatic rings. The third-order valence-electron chi connectivity index (χ3n) is 4.54. The summed E-state index contributed by atoms with van der Waals surface area (Å²) in [5, 5.41) is 0. The SMILES string of the molecule is CCN1C[C@H](C(=O)N2CC(OCc3ccccc3F)C2)CC1=O. The Labute approximate surface area is 135 Å². The molecule has 2 aliphatic heterocycles. The van der Waals surface area contributed by atoms with E-state index >= 15 is 0 Å². The van der Waals surface area contributed by atoms with E-state index < -0.39 is 0 Å². The molecule has 0 bridgehead atoms. The lowest BCUT2D eigenvalue weighted by Gasteiger charge is -2.40. The summed E-state index contributed by atoms with van der Waals surface area (Å²) in [6, 6.07) is 6.52. The highest BCUT2D eigenvalue weighted by Crippen LogP contribution is 2.24. The lowest BCUT2D eigenvalue weighted by Crippen LogP contribution is -2.56. The zero-order valence-electron chi connectivity index (χ0n) is 13.2. The molecule has 5 nitrogen and oxygen atoms in total. The van der Waals surface area contributed by atoms with E-state index in [-0.39, 0.29) is 36.3 Å². The largest absolute Gasteiger partial charge is 0.370 e. The Bertz CT molecular complexity index is 601. The van der Waals surface area contributed by atoms with Gasteiger partial charge in [0, 0.05) is 38.2 Å². The van der Waals surface area contributed by atoms with Crippen LogP contribution in [0.15, 0.2) is 24.3 Å². The Morgan fingerprint density at radius 2 is 2.04 bits per heavy atom. The van der Waals surface area contributed by atoms with Gasteiger partial charge in [-0.05, 0) is 13.0 Å². The van der Waals surface area contributed by atoms with Gasteiger partial charge in [0.15, 0.2) is 0 Å². The third kappa shape index (κ3) is 3.37. The van der Waals surface area contributed by atoms with Gasteiger partial charge in [0.25, 0.3) is 0 Å². The molecule has 23 heavy (non-hydrogen) atoms. The number of carbonyl (C=O) groups excluding carboxylic acids is 2. The molecule has 1 aromatic carbocycles. The molecule has 2 heterocycles. The van der Waals surface area contributed by atoms with Crippen LogP contribution in [0, 0.1) is 11.7 Å². The number of carbonyl (C=O) groups is 2. The van der Waals surface area contributed by atoms with Crippen LogP contribution in [0.25, 0.3) is 0 Å². The molecular weight excluding hydrogens is 299 g/mol. The molecule has 0 radical (unpaired) electrons. The topological polar surface area (TPSA) is 49.9 Å². The van der Waals surface area contributed by atoms with Gasteiger partial charge in [-0.1, -0.05) is 18.2 Å². The smallest absolute Gasteiger partial charge is 0.228 e. The fraction of sp³-hybridized carbons (Fsp3) is 0.529. The van der Waals surface area contributed by atoms with Gasteiger partial charge < -0.3 is 14.5 Å². The van der Waals surface area contributed by atoms with Crippen molar-refractivity contribution in [2.75, 3.05) is 26.2 Å². The number of ether oxygens (including phenoxy) is 1. The Kier molecular flexibility index (Phi) is 4.61. The van der Waals surface area contributed by atoms with E-state index in [1.54, 1.807) is 28.0 Å². The lowest BCUT2D eigenvalue weighted by atomic mass is 10.0. The maximum absolute atomic E-state index is 13.5. The summed E-state index contributed by atoms with van der Waals surface area (Å²) >= 11 is 0. The van der Waals surface area contributed by atoms with Crippen molar-refractivity contribution in [1.82, 2.24) is 9.80 Å². The minimum absolute atomic E-state index is 0.0278. The second-order valence-corrected chi connectivity index (χ2v) is 6.10. The number of likely N-dealkylation sites (tertiary alicyclic amines) is 2. The van der Waals surface area contributed by atoms with Crippen LogP contribution < -0.4 is 0 Å². The first kappa shape index (κ1) is 15.9. The van der Waals surface area contributed by atoms with Crippen molar-refractivity contribution < 1.29 is 18.7 Å². The number of benzene rings is 1. The molecule has 2 amide bonds. The summed E-state index contributed by atoms with van der Waals surface area (Å²) in [6.07, 6.45) is 0.252. The fourth-order valence-electron chi connectivity index (χ4n) is 3.05. The van der Waals surface area contributed by atoms with Gasteiger partial charge in [0.1, 0.15) is 5.82 Å². The van der Waals surface area contributed by atoms with Crippen molar-refractivity contribution in [2.24, 2.45) is 5.92 Å². The van der Waals surface area contributed by atoms with Gasteiger partial charge in [-0.15, -0.1) is 0 Å². The van der Waals surface area contributed by atoms with Crippen molar-refractivity contribution in [3.05, 3.63) is 35.6 Å². The summed E-state index contributed by atoms with van der Waals surface area (Å²) in [5.74, 6) is -0.419. The average Bonchev–Trinajstić information content (AvgIpc) is 2.88. The molecule has 124 valence electrons. The zero-order valence-corrected chi connectivity index (χ0v) is 13.2. The molecule has 0 N–H and O–H groups in total. The van der Waals surface area contributed by atoms with E-state index in [4.69, 9.17) is 4.74 Å². The number of amides is 2. The molecule has 1 atom stereocenters. The van der Waals surface area contributed by atoms with Crippen LogP contribution in [0.4, 0.5) is 4.39 Å². The molecule has 3 rings (SSSR count). The van der Waals surface area contributed by atoms with Crippen molar-refractivity contribution in [3.8, 4) is 0 Å². The Morgan fingerprint density at radius 1 is 1.30 bits per heavy atom. The molecule has 0 unspecified atom stereocenters. The van der Waals surface area contributed by atoms with E-state index in [1.165, 1.54) is 6.07 Å². The summed E-state index contributed by atoms with van der Waals surface area (Å²) in [4.78, 5) is 27.5. The van der Waals surface area contributed by atoms with Crippen molar-refractivity contribution in [2.45, 2.75) is 26.1 Å². The van der Waals surface area contributed by atoms with Gasteiger partial charge in [0.2, 0.25) is 11.8 Å². The van der Waals surface area contributed by atoms with Gasteiger partial charge in [-0.3, -0.25) is 9.59 Å². The first-order valence-corrected chi connectivity index (χ1v) is 8.00. The summed E-state index contributed by atoms with van der Waals surface area (Å²) < 4.78 is 19.1. The van der Waals surface area contributed by atoms with Gasteiger partial charge >= 0.3 is 0 Å². The molecule has 2 saturated heterocycles. The highest BCUT2D eigenvalue weighted by atomic mass is 19.1. The minimum atomic E-state index is -0.274. The fourth-order valence-corrected chi connectivity index (χ4v) is 3.05. The molecule has 6 heteroatoms. The zero-order chi connectivity index (χ0) is 16.4. The van der Waals surface area contributed by atoms with Crippen LogP contribution >= 0.6 is 0 Å². The number of hydrogen-bond donors (Lipinski definition) is 0. The monoisotopic (exact) mass is 320 g/mol.